The number of rotatable bonds is 6. The molecule has 2 atom stereocenters. The smallest absolute Gasteiger partial charge is 0.371 e. The number of thioether (sulfide) groups is 1. The highest BCUT2D eigenvalue weighted by molar-refractivity contribution is 8.04. The van der Waals surface area contributed by atoms with Crippen LogP contribution >= 0.6 is 11.8 Å². The van der Waals surface area contributed by atoms with Crippen LogP contribution in [0.2, 0.25) is 0 Å². The number of allylic oxidation sites excluding steroid dienone is 1. The Kier molecular flexibility index (Phi) is 6.45. The molecule has 4 rings (SSSR count). The van der Waals surface area contributed by atoms with Crippen LogP contribution in [0.25, 0.3) is 0 Å². The zero-order chi connectivity index (χ0) is 24.6. The first-order chi connectivity index (χ1) is 16.1. The molecule has 8 nitrogen and oxygen atoms in total. The third-order valence-electron chi connectivity index (χ3n) is 5.64. The fraction of sp³-hybridized carbons (Fsp3) is 0.318. The van der Waals surface area contributed by atoms with Crippen LogP contribution in [0.3, 0.4) is 0 Å². The van der Waals surface area contributed by atoms with Crippen LogP contribution in [-0.4, -0.2) is 55.0 Å². The summed E-state index contributed by atoms with van der Waals surface area (Å²) in [6, 6.07) is 7.65. The van der Waals surface area contributed by atoms with Crippen LogP contribution in [0, 0.1) is 0 Å². The van der Waals surface area contributed by atoms with E-state index in [-0.39, 0.29) is 18.0 Å². The van der Waals surface area contributed by atoms with Crippen LogP contribution in [0.15, 0.2) is 59.4 Å². The monoisotopic (exact) mass is 493 g/mol. The van der Waals surface area contributed by atoms with Gasteiger partial charge in [0.1, 0.15) is 0 Å². The maximum absolute atomic E-state index is 13.2. The fourth-order valence-corrected chi connectivity index (χ4v) is 5.24. The first kappa shape index (κ1) is 23.9. The molecule has 1 aromatic heterocycles. The Morgan fingerprint density at radius 3 is 2.50 bits per heavy atom. The zero-order valence-corrected chi connectivity index (χ0v) is 18.9. The molecule has 1 saturated heterocycles. The molecule has 2 aliphatic heterocycles. The largest absolute Gasteiger partial charge is 0.416 e. The maximum atomic E-state index is 13.2. The number of carbonyl (C=O) groups excluding carboxylic acids is 2. The van der Waals surface area contributed by atoms with E-state index >= 15 is 0 Å². The summed E-state index contributed by atoms with van der Waals surface area (Å²) < 4.78 is 38.5. The normalized spacial score (nSPS) is 21.1. The van der Waals surface area contributed by atoms with E-state index in [9.17, 15) is 27.9 Å². The molecule has 0 radical (unpaired) electrons. The Labute approximate surface area is 197 Å². The quantitative estimate of drug-likeness (QED) is 0.642. The number of primary amides is 1. The number of aliphatic hydroxyl groups is 1. The number of benzene rings is 1. The molecule has 34 heavy (non-hydrogen) atoms. The molecule has 1 fully saturated rings. The van der Waals surface area contributed by atoms with E-state index in [1.165, 1.54) is 21.9 Å². The van der Waals surface area contributed by atoms with Gasteiger partial charge < -0.3 is 20.6 Å². The molecule has 3 amide bonds. The third kappa shape index (κ3) is 4.68. The van der Waals surface area contributed by atoms with Crippen molar-refractivity contribution in [3.05, 3.63) is 76.1 Å². The number of nitrogens with zero attached hydrogens (tertiary/aromatic N) is 4. The van der Waals surface area contributed by atoms with Crippen LogP contribution < -0.4 is 5.73 Å². The number of hydrogen-bond acceptors (Lipinski definition) is 6. The second-order valence-corrected chi connectivity index (χ2v) is 9.02. The summed E-state index contributed by atoms with van der Waals surface area (Å²) in [7, 11) is 0. The topological polar surface area (TPSA) is 103 Å². The van der Waals surface area contributed by atoms with Crippen molar-refractivity contribution in [1.82, 2.24) is 19.7 Å². The van der Waals surface area contributed by atoms with Crippen molar-refractivity contribution in [3.63, 3.8) is 0 Å². The minimum Gasteiger partial charge on any atom is -0.371 e. The van der Waals surface area contributed by atoms with Gasteiger partial charge in [0.25, 0.3) is 5.91 Å². The van der Waals surface area contributed by atoms with Crippen molar-refractivity contribution in [2.24, 2.45) is 5.73 Å². The second kappa shape index (κ2) is 9.18. The van der Waals surface area contributed by atoms with Gasteiger partial charge in [-0.1, -0.05) is 30.0 Å². The summed E-state index contributed by atoms with van der Waals surface area (Å²) in [5.41, 5.74) is 5.93. The summed E-state index contributed by atoms with van der Waals surface area (Å²) >= 11 is 1.08. The van der Waals surface area contributed by atoms with Gasteiger partial charge in [-0.2, -0.15) is 13.2 Å². The molecular weight excluding hydrogens is 471 g/mol. The molecule has 0 spiro atoms. The summed E-state index contributed by atoms with van der Waals surface area (Å²) in [6.45, 7) is 2.03. The zero-order valence-electron chi connectivity index (χ0n) is 18.1. The van der Waals surface area contributed by atoms with Crippen molar-refractivity contribution in [2.75, 3.05) is 6.54 Å². The van der Waals surface area contributed by atoms with Gasteiger partial charge in [0.05, 0.1) is 17.0 Å². The minimum atomic E-state index is -4.45. The van der Waals surface area contributed by atoms with Gasteiger partial charge in [-0.3, -0.25) is 14.7 Å². The van der Waals surface area contributed by atoms with Crippen molar-refractivity contribution in [1.29, 1.82) is 0 Å². The van der Waals surface area contributed by atoms with Gasteiger partial charge >= 0.3 is 12.2 Å². The number of pyridine rings is 1. The lowest BCUT2D eigenvalue weighted by Gasteiger charge is -2.35. The molecule has 1 aromatic carbocycles. The second-order valence-electron chi connectivity index (χ2n) is 7.96. The standard InChI is InChI=1S/C22H22F3N5O3S/c1-13-18(19(26)32)34-21(29(13)11-15-3-2-8-27-9-15)30-17(31)12-28(20(30)33)10-14-4-6-16(7-5-14)22(23,24)25/h2-9,17,21,31H,10-12H2,1H3,(H2,26,32). The van der Waals surface area contributed by atoms with Gasteiger partial charge in [-0.25, -0.2) is 4.79 Å². The van der Waals surface area contributed by atoms with Crippen molar-refractivity contribution >= 4 is 23.7 Å². The van der Waals surface area contributed by atoms with E-state index in [4.69, 9.17) is 5.73 Å². The number of β-amino-alcohol motifs (C(OH)–C–C–N with tert-alkyl or cyclic N) is 1. The van der Waals surface area contributed by atoms with Crippen LogP contribution in [0.5, 0.6) is 0 Å². The van der Waals surface area contributed by atoms with Crippen LogP contribution in [-0.2, 0) is 24.1 Å². The van der Waals surface area contributed by atoms with Gasteiger partial charge in [0.15, 0.2) is 11.7 Å². The Morgan fingerprint density at radius 1 is 1.21 bits per heavy atom. The Bertz CT molecular complexity index is 1110. The molecule has 0 bridgehead atoms. The molecule has 3 heterocycles. The van der Waals surface area contributed by atoms with Crippen molar-refractivity contribution < 1.29 is 27.9 Å². The molecule has 12 heteroatoms. The predicted octanol–water partition coefficient (Wildman–Crippen LogP) is 2.91. The molecular formula is C22H22F3N5O3S. The average molecular weight is 494 g/mol. The predicted molar refractivity (Wildman–Crippen MR) is 118 cm³/mol. The number of alkyl halides is 3. The Balaban J connectivity index is 1.54. The third-order valence-corrected chi connectivity index (χ3v) is 7.06. The van der Waals surface area contributed by atoms with Gasteiger partial charge in [0, 0.05) is 31.2 Å². The van der Waals surface area contributed by atoms with Gasteiger partial charge in [-0.05, 0) is 36.2 Å². The van der Waals surface area contributed by atoms with E-state index in [0.29, 0.717) is 17.8 Å². The molecule has 2 aromatic rings. The average Bonchev–Trinajstić information content (AvgIpc) is 3.24. The molecule has 0 aliphatic carbocycles. The van der Waals surface area contributed by atoms with E-state index in [1.54, 1.807) is 30.3 Å². The summed E-state index contributed by atoms with van der Waals surface area (Å²) in [4.78, 5) is 34.0. The molecule has 3 N–H and O–H groups in total. The van der Waals surface area contributed by atoms with E-state index < -0.39 is 35.4 Å². The summed E-state index contributed by atoms with van der Waals surface area (Å²) in [5, 5.41) is 10.7. The lowest BCUT2D eigenvalue weighted by Crippen LogP contribution is -2.48. The van der Waals surface area contributed by atoms with Crippen LogP contribution in [0.4, 0.5) is 18.0 Å². The minimum absolute atomic E-state index is 0.0274. The van der Waals surface area contributed by atoms with Gasteiger partial charge in [0.2, 0.25) is 0 Å². The number of aliphatic hydroxyl groups excluding tert-OH is 1. The number of halogens is 3. The molecule has 2 unspecified atom stereocenters. The maximum Gasteiger partial charge on any atom is 0.416 e. The van der Waals surface area contributed by atoms with E-state index in [0.717, 1.165) is 29.5 Å². The van der Waals surface area contributed by atoms with E-state index in [1.807, 2.05) is 6.07 Å². The number of hydrogen-bond donors (Lipinski definition) is 2. The lowest BCUT2D eigenvalue weighted by atomic mass is 10.1. The highest BCUT2D eigenvalue weighted by Crippen LogP contribution is 2.42. The van der Waals surface area contributed by atoms with Crippen molar-refractivity contribution in [2.45, 2.75) is 37.9 Å². The first-order valence-electron chi connectivity index (χ1n) is 10.3. The molecule has 180 valence electrons. The SMILES string of the molecule is CC1=C(C(N)=O)SC(N2C(=O)N(Cc3ccc(C(F)(F)F)cc3)CC2O)N1Cc1cccnc1. The van der Waals surface area contributed by atoms with Crippen LogP contribution in [0.1, 0.15) is 23.6 Å². The highest BCUT2D eigenvalue weighted by Gasteiger charge is 2.47. The molecule has 2 aliphatic rings. The lowest BCUT2D eigenvalue weighted by molar-refractivity contribution is -0.137. The first-order valence-corrected chi connectivity index (χ1v) is 11.2. The number of amides is 3. The van der Waals surface area contributed by atoms with E-state index in [2.05, 4.69) is 4.98 Å². The Hall–Kier alpha value is -3.25. The van der Waals surface area contributed by atoms with Crippen molar-refractivity contribution in [3.8, 4) is 0 Å². The fourth-order valence-electron chi connectivity index (χ4n) is 3.93. The number of carbonyl (C=O) groups is 2. The summed E-state index contributed by atoms with van der Waals surface area (Å²) in [5.74, 6) is -0.635. The molecule has 0 saturated carbocycles. The van der Waals surface area contributed by atoms with Gasteiger partial charge in [-0.15, -0.1) is 0 Å². The number of aromatic nitrogens is 1. The number of nitrogens with two attached hydrogens (primary N) is 1. The highest BCUT2D eigenvalue weighted by atomic mass is 32.2. The number of urea groups is 1. The Morgan fingerprint density at radius 2 is 1.91 bits per heavy atom. The summed E-state index contributed by atoms with van der Waals surface area (Å²) in [6.07, 6.45) is -2.34.